The number of rotatable bonds is 7. The van der Waals surface area contributed by atoms with Crippen molar-refractivity contribution in [3.63, 3.8) is 0 Å². The third-order valence-electron chi connectivity index (χ3n) is 2.74. The van der Waals surface area contributed by atoms with Crippen molar-refractivity contribution in [2.24, 2.45) is 0 Å². The lowest BCUT2D eigenvalue weighted by molar-refractivity contribution is 0.185. The van der Waals surface area contributed by atoms with E-state index in [9.17, 15) is 0 Å². The highest BCUT2D eigenvalue weighted by Crippen LogP contribution is 2.04. The molecule has 1 rings (SSSR count). The lowest BCUT2D eigenvalue weighted by atomic mass is 10.1. The normalized spacial score (nSPS) is 12.7. The summed E-state index contributed by atoms with van der Waals surface area (Å²) in [5.74, 6) is 0. The van der Waals surface area contributed by atoms with Gasteiger partial charge in [0.2, 0.25) is 0 Å². The van der Waals surface area contributed by atoms with Crippen LogP contribution in [0.25, 0.3) is 0 Å². The van der Waals surface area contributed by atoms with Crippen molar-refractivity contribution in [2.75, 3.05) is 20.3 Å². The second kappa shape index (κ2) is 7.42. The highest BCUT2D eigenvalue weighted by Gasteiger charge is 2.00. The third kappa shape index (κ3) is 5.29. The Kier molecular flexibility index (Phi) is 6.12. The molecule has 0 aliphatic carbocycles. The average Bonchev–Trinajstić information content (AvgIpc) is 2.26. The van der Waals surface area contributed by atoms with Gasteiger partial charge in [0.15, 0.2) is 0 Å². The number of ether oxygens (including phenoxy) is 1. The zero-order valence-electron chi connectivity index (χ0n) is 10.6. The van der Waals surface area contributed by atoms with Crippen LogP contribution in [0, 0.1) is 6.92 Å². The fourth-order valence-corrected chi connectivity index (χ4v) is 1.73. The van der Waals surface area contributed by atoms with Crippen LogP contribution in [-0.2, 0) is 11.2 Å². The predicted molar refractivity (Wildman–Crippen MR) is 68.8 cm³/mol. The Morgan fingerprint density at radius 1 is 1.38 bits per heavy atom. The van der Waals surface area contributed by atoms with E-state index in [0.717, 1.165) is 26.0 Å². The second-order valence-electron chi connectivity index (χ2n) is 4.38. The van der Waals surface area contributed by atoms with Crippen LogP contribution in [0.15, 0.2) is 24.3 Å². The van der Waals surface area contributed by atoms with Crippen LogP contribution in [0.3, 0.4) is 0 Å². The summed E-state index contributed by atoms with van der Waals surface area (Å²) in [6, 6.07) is 9.23. The summed E-state index contributed by atoms with van der Waals surface area (Å²) in [4.78, 5) is 0. The van der Waals surface area contributed by atoms with Gasteiger partial charge < -0.3 is 10.1 Å². The van der Waals surface area contributed by atoms with Crippen molar-refractivity contribution in [1.82, 2.24) is 5.32 Å². The zero-order chi connectivity index (χ0) is 11.8. The molecule has 0 fully saturated rings. The molecule has 0 aliphatic rings. The van der Waals surface area contributed by atoms with Crippen molar-refractivity contribution in [3.05, 3.63) is 35.4 Å². The largest absolute Gasteiger partial charge is 0.385 e. The van der Waals surface area contributed by atoms with E-state index in [-0.39, 0.29) is 0 Å². The highest BCUT2D eigenvalue weighted by atomic mass is 16.5. The van der Waals surface area contributed by atoms with E-state index in [1.54, 1.807) is 7.11 Å². The standard InChI is InChI=1S/C14H23NO/c1-12-5-4-6-14(11-12)7-9-15-13(2)8-10-16-3/h4-6,11,13,15H,7-10H2,1-3H3. The summed E-state index contributed by atoms with van der Waals surface area (Å²) in [7, 11) is 1.75. The molecule has 16 heavy (non-hydrogen) atoms. The smallest absolute Gasteiger partial charge is 0.0476 e. The molecule has 1 aromatic rings. The number of hydrogen-bond donors (Lipinski definition) is 1. The summed E-state index contributed by atoms with van der Waals surface area (Å²) in [6.07, 6.45) is 2.17. The molecule has 0 heterocycles. The third-order valence-corrected chi connectivity index (χ3v) is 2.74. The molecule has 0 aromatic heterocycles. The zero-order valence-corrected chi connectivity index (χ0v) is 10.6. The topological polar surface area (TPSA) is 21.3 Å². The van der Waals surface area contributed by atoms with Crippen LogP contribution in [0.1, 0.15) is 24.5 Å². The van der Waals surface area contributed by atoms with Gasteiger partial charge in [-0.3, -0.25) is 0 Å². The van der Waals surface area contributed by atoms with Gasteiger partial charge in [-0.25, -0.2) is 0 Å². The van der Waals surface area contributed by atoms with Gasteiger partial charge in [-0.1, -0.05) is 29.8 Å². The maximum absolute atomic E-state index is 5.05. The number of benzene rings is 1. The SMILES string of the molecule is COCCC(C)NCCc1cccc(C)c1. The van der Waals surface area contributed by atoms with E-state index in [0.29, 0.717) is 6.04 Å². The van der Waals surface area contributed by atoms with Crippen LogP contribution in [-0.4, -0.2) is 26.3 Å². The Hall–Kier alpha value is -0.860. The van der Waals surface area contributed by atoms with Gasteiger partial charge in [0.1, 0.15) is 0 Å². The van der Waals surface area contributed by atoms with E-state index in [1.165, 1.54) is 11.1 Å². The number of hydrogen-bond acceptors (Lipinski definition) is 2. The van der Waals surface area contributed by atoms with Gasteiger partial charge >= 0.3 is 0 Å². The fraction of sp³-hybridized carbons (Fsp3) is 0.571. The molecule has 90 valence electrons. The van der Waals surface area contributed by atoms with Gasteiger partial charge in [-0.05, 0) is 38.8 Å². The summed E-state index contributed by atoms with van der Waals surface area (Å²) in [5.41, 5.74) is 2.75. The van der Waals surface area contributed by atoms with Crippen LogP contribution in [0.4, 0.5) is 0 Å². The maximum Gasteiger partial charge on any atom is 0.0476 e. The quantitative estimate of drug-likeness (QED) is 0.764. The molecule has 1 unspecified atom stereocenters. The monoisotopic (exact) mass is 221 g/mol. The first-order chi connectivity index (χ1) is 7.72. The lowest BCUT2D eigenvalue weighted by Crippen LogP contribution is -2.29. The molecule has 2 heteroatoms. The first kappa shape index (κ1) is 13.2. The summed E-state index contributed by atoms with van der Waals surface area (Å²) < 4.78 is 5.05. The lowest BCUT2D eigenvalue weighted by Gasteiger charge is -2.13. The molecule has 0 saturated carbocycles. The van der Waals surface area contributed by atoms with E-state index in [4.69, 9.17) is 4.74 Å². The molecular formula is C14H23NO. The Balaban J connectivity index is 2.20. The van der Waals surface area contributed by atoms with E-state index in [1.807, 2.05) is 0 Å². The molecule has 2 nitrogen and oxygen atoms in total. The number of methoxy groups -OCH3 is 1. The molecule has 0 aliphatic heterocycles. The number of nitrogens with one attached hydrogen (secondary N) is 1. The van der Waals surface area contributed by atoms with Crippen molar-refractivity contribution < 1.29 is 4.74 Å². The molecule has 0 radical (unpaired) electrons. The Morgan fingerprint density at radius 3 is 2.88 bits per heavy atom. The highest BCUT2D eigenvalue weighted by molar-refractivity contribution is 5.22. The average molecular weight is 221 g/mol. The first-order valence-electron chi connectivity index (χ1n) is 6.00. The Bertz CT molecular complexity index is 299. The van der Waals surface area contributed by atoms with E-state index < -0.39 is 0 Å². The minimum Gasteiger partial charge on any atom is -0.385 e. The van der Waals surface area contributed by atoms with E-state index in [2.05, 4.69) is 43.4 Å². The van der Waals surface area contributed by atoms with Crippen LogP contribution < -0.4 is 5.32 Å². The molecule has 1 aromatic carbocycles. The number of aryl methyl sites for hydroxylation is 1. The molecule has 0 saturated heterocycles. The van der Waals surface area contributed by atoms with Gasteiger partial charge in [0, 0.05) is 19.8 Å². The van der Waals surface area contributed by atoms with Crippen molar-refractivity contribution in [2.45, 2.75) is 32.7 Å². The molecule has 0 bridgehead atoms. The van der Waals surface area contributed by atoms with E-state index >= 15 is 0 Å². The van der Waals surface area contributed by atoms with Gasteiger partial charge in [0.25, 0.3) is 0 Å². The predicted octanol–water partition coefficient (Wildman–Crippen LogP) is 2.55. The maximum atomic E-state index is 5.05. The first-order valence-corrected chi connectivity index (χ1v) is 6.00. The van der Waals surface area contributed by atoms with Crippen LogP contribution in [0.2, 0.25) is 0 Å². The van der Waals surface area contributed by atoms with Gasteiger partial charge in [0.05, 0.1) is 0 Å². The van der Waals surface area contributed by atoms with Crippen molar-refractivity contribution >= 4 is 0 Å². The minimum absolute atomic E-state index is 0.532. The minimum atomic E-state index is 0.532. The van der Waals surface area contributed by atoms with Crippen molar-refractivity contribution in [3.8, 4) is 0 Å². The Labute approximate surface area is 99.0 Å². The Morgan fingerprint density at radius 2 is 2.19 bits per heavy atom. The molecule has 1 N–H and O–H groups in total. The molecule has 1 atom stereocenters. The van der Waals surface area contributed by atoms with Crippen molar-refractivity contribution in [1.29, 1.82) is 0 Å². The second-order valence-corrected chi connectivity index (χ2v) is 4.38. The summed E-state index contributed by atoms with van der Waals surface area (Å²) in [5, 5.41) is 3.51. The molecule has 0 amide bonds. The molecule has 0 spiro atoms. The molecular weight excluding hydrogens is 198 g/mol. The van der Waals surface area contributed by atoms with Gasteiger partial charge in [-0.15, -0.1) is 0 Å². The van der Waals surface area contributed by atoms with Gasteiger partial charge in [-0.2, -0.15) is 0 Å². The van der Waals surface area contributed by atoms with Crippen LogP contribution >= 0.6 is 0 Å². The summed E-state index contributed by atoms with van der Waals surface area (Å²) in [6.45, 7) is 6.21. The summed E-state index contributed by atoms with van der Waals surface area (Å²) >= 11 is 0. The van der Waals surface area contributed by atoms with Crippen LogP contribution in [0.5, 0.6) is 0 Å². The fourth-order valence-electron chi connectivity index (χ4n) is 1.73.